The van der Waals surface area contributed by atoms with Gasteiger partial charge in [-0.15, -0.1) is 0 Å². The molecule has 3 rings (SSSR count). The molecule has 1 fully saturated rings. The van der Waals surface area contributed by atoms with Crippen LogP contribution in [0.3, 0.4) is 0 Å². The maximum atomic E-state index is 13.3. The van der Waals surface area contributed by atoms with Gasteiger partial charge in [-0.05, 0) is 43.5 Å². The van der Waals surface area contributed by atoms with Crippen LogP contribution >= 0.6 is 0 Å². The Morgan fingerprint density at radius 3 is 2.48 bits per heavy atom. The van der Waals surface area contributed by atoms with Gasteiger partial charge in [0.25, 0.3) is 5.91 Å². The van der Waals surface area contributed by atoms with Gasteiger partial charge in [-0.1, -0.05) is 0 Å². The lowest BCUT2D eigenvalue weighted by molar-refractivity contribution is -0.143. The van der Waals surface area contributed by atoms with Crippen LogP contribution in [0.25, 0.3) is 5.69 Å². The zero-order chi connectivity index (χ0) is 19.6. The third-order valence-corrected chi connectivity index (χ3v) is 4.12. The van der Waals surface area contributed by atoms with E-state index in [0.29, 0.717) is 29.6 Å². The lowest BCUT2D eigenvalue weighted by Gasteiger charge is -2.21. The van der Waals surface area contributed by atoms with Crippen molar-refractivity contribution in [1.82, 2.24) is 9.78 Å². The highest BCUT2D eigenvalue weighted by Crippen LogP contribution is 2.33. The van der Waals surface area contributed by atoms with E-state index in [9.17, 15) is 22.8 Å². The molecule has 1 aromatic carbocycles. The summed E-state index contributed by atoms with van der Waals surface area (Å²) < 4.78 is 45.6. The number of benzene rings is 1. The van der Waals surface area contributed by atoms with Crippen molar-refractivity contribution in [2.45, 2.75) is 31.5 Å². The number of carbonyl (C=O) groups is 2. The van der Waals surface area contributed by atoms with E-state index in [1.54, 1.807) is 0 Å². The van der Waals surface area contributed by atoms with E-state index >= 15 is 0 Å². The monoisotopic (exact) mass is 383 g/mol. The normalized spacial score (nSPS) is 17.5. The maximum Gasteiger partial charge on any atom is 0.434 e. The number of halogens is 3. The predicted octanol–water partition coefficient (Wildman–Crippen LogP) is 3.10. The first-order chi connectivity index (χ1) is 12.8. The van der Waals surface area contributed by atoms with E-state index < -0.39 is 29.5 Å². The standard InChI is InChI=1S/C17H16F3N3O4/c18-17(19,20)14-12(16(25)26)9-21-23(14)11-6-4-10(5-7-11)22-15(24)13-3-1-2-8-27-13/h4-7,9,13H,1-3,8H2,(H,22,24)(H,25,26). The number of carboxylic acid groups (broad SMARTS) is 1. The zero-order valence-corrected chi connectivity index (χ0v) is 14.0. The number of aromatic carboxylic acids is 1. The first kappa shape index (κ1) is 18.9. The van der Waals surface area contributed by atoms with Crippen LogP contribution in [0.15, 0.2) is 30.5 Å². The molecule has 0 saturated carbocycles. The summed E-state index contributed by atoms with van der Waals surface area (Å²) in [6, 6.07) is 5.45. The van der Waals surface area contributed by atoms with E-state index in [-0.39, 0.29) is 11.6 Å². The first-order valence-electron chi connectivity index (χ1n) is 8.19. The average Bonchev–Trinajstić information content (AvgIpc) is 3.09. The number of nitrogens with zero attached hydrogens (tertiary/aromatic N) is 2. The van der Waals surface area contributed by atoms with Crippen LogP contribution in [0.1, 0.15) is 35.3 Å². The number of anilines is 1. The molecule has 1 aliphatic heterocycles. The molecule has 7 nitrogen and oxygen atoms in total. The minimum Gasteiger partial charge on any atom is -0.478 e. The van der Waals surface area contributed by atoms with Crippen LogP contribution in [-0.2, 0) is 15.7 Å². The minimum absolute atomic E-state index is 0.0155. The first-order valence-corrected chi connectivity index (χ1v) is 8.19. The highest BCUT2D eigenvalue weighted by molar-refractivity contribution is 5.94. The molecule has 1 atom stereocenters. The SMILES string of the molecule is O=C(O)c1cnn(-c2ccc(NC(=O)C3CCCCO3)cc2)c1C(F)(F)F. The number of rotatable bonds is 4. The highest BCUT2D eigenvalue weighted by atomic mass is 19.4. The van der Waals surface area contributed by atoms with Crippen LogP contribution < -0.4 is 5.32 Å². The molecule has 1 saturated heterocycles. The van der Waals surface area contributed by atoms with Crippen molar-refractivity contribution >= 4 is 17.6 Å². The fraction of sp³-hybridized carbons (Fsp3) is 0.353. The number of hydrogen-bond acceptors (Lipinski definition) is 4. The molecule has 2 heterocycles. The third kappa shape index (κ3) is 4.11. The van der Waals surface area contributed by atoms with Gasteiger partial charge in [-0.25, -0.2) is 9.48 Å². The average molecular weight is 383 g/mol. The van der Waals surface area contributed by atoms with Crippen LogP contribution in [0.4, 0.5) is 18.9 Å². The van der Waals surface area contributed by atoms with Crippen LogP contribution in [-0.4, -0.2) is 39.5 Å². The van der Waals surface area contributed by atoms with Crippen LogP contribution in [0, 0.1) is 0 Å². The summed E-state index contributed by atoms with van der Waals surface area (Å²) in [5.41, 5.74) is -1.91. The number of hydrogen-bond donors (Lipinski definition) is 2. The van der Waals surface area contributed by atoms with Gasteiger partial charge in [0.15, 0.2) is 5.69 Å². The summed E-state index contributed by atoms with van der Waals surface area (Å²) in [5, 5.41) is 15.1. The van der Waals surface area contributed by atoms with E-state index in [1.807, 2.05) is 0 Å². The Hall–Kier alpha value is -2.88. The van der Waals surface area contributed by atoms with Gasteiger partial charge in [0.2, 0.25) is 0 Å². The van der Waals surface area contributed by atoms with Gasteiger partial charge in [-0.3, -0.25) is 4.79 Å². The lowest BCUT2D eigenvalue weighted by Crippen LogP contribution is -2.33. The number of carboxylic acids is 1. The summed E-state index contributed by atoms with van der Waals surface area (Å²) in [6.07, 6.45) is -2.37. The highest BCUT2D eigenvalue weighted by Gasteiger charge is 2.40. The molecule has 2 N–H and O–H groups in total. The quantitative estimate of drug-likeness (QED) is 0.846. The van der Waals surface area contributed by atoms with Crippen molar-refractivity contribution in [1.29, 1.82) is 0 Å². The molecule has 0 radical (unpaired) electrons. The smallest absolute Gasteiger partial charge is 0.434 e. The largest absolute Gasteiger partial charge is 0.478 e. The molecular formula is C17H16F3N3O4. The summed E-state index contributed by atoms with van der Waals surface area (Å²) in [4.78, 5) is 23.1. The van der Waals surface area contributed by atoms with Crippen LogP contribution in [0.2, 0.25) is 0 Å². The Morgan fingerprint density at radius 2 is 1.93 bits per heavy atom. The molecule has 1 unspecified atom stereocenters. The molecule has 1 amide bonds. The van der Waals surface area contributed by atoms with Crippen molar-refractivity contribution in [3.05, 3.63) is 41.7 Å². The second-order valence-corrected chi connectivity index (χ2v) is 6.01. The van der Waals surface area contributed by atoms with E-state index in [0.717, 1.165) is 12.8 Å². The van der Waals surface area contributed by atoms with Crippen molar-refractivity contribution in [2.75, 3.05) is 11.9 Å². The van der Waals surface area contributed by atoms with E-state index in [1.165, 1.54) is 24.3 Å². The molecule has 10 heteroatoms. The van der Waals surface area contributed by atoms with Gasteiger partial charge >= 0.3 is 12.1 Å². The van der Waals surface area contributed by atoms with Gasteiger partial charge in [0, 0.05) is 12.3 Å². The Morgan fingerprint density at radius 1 is 1.22 bits per heavy atom. The Bertz CT molecular complexity index is 840. The number of nitrogens with one attached hydrogen (secondary N) is 1. The number of alkyl halides is 3. The summed E-state index contributed by atoms with van der Waals surface area (Å²) in [7, 11) is 0. The Kier molecular flexibility index (Phi) is 5.17. The third-order valence-electron chi connectivity index (χ3n) is 4.12. The molecule has 0 spiro atoms. The predicted molar refractivity (Wildman–Crippen MR) is 87.7 cm³/mol. The lowest BCUT2D eigenvalue weighted by atomic mass is 10.1. The molecule has 1 aliphatic rings. The van der Waals surface area contributed by atoms with Crippen molar-refractivity contribution in [3.63, 3.8) is 0 Å². The van der Waals surface area contributed by atoms with Crippen LogP contribution in [0.5, 0.6) is 0 Å². The maximum absolute atomic E-state index is 13.3. The van der Waals surface area contributed by atoms with E-state index in [4.69, 9.17) is 9.84 Å². The molecule has 1 aromatic heterocycles. The fourth-order valence-corrected chi connectivity index (χ4v) is 2.83. The molecule has 27 heavy (non-hydrogen) atoms. The Labute approximate surface area is 151 Å². The summed E-state index contributed by atoms with van der Waals surface area (Å²) >= 11 is 0. The van der Waals surface area contributed by atoms with Gasteiger partial charge in [0.1, 0.15) is 11.7 Å². The topological polar surface area (TPSA) is 93.5 Å². The van der Waals surface area contributed by atoms with Gasteiger partial charge in [0.05, 0.1) is 11.9 Å². The van der Waals surface area contributed by atoms with Crippen molar-refractivity contribution in [2.24, 2.45) is 0 Å². The van der Waals surface area contributed by atoms with Gasteiger partial charge < -0.3 is 15.2 Å². The zero-order valence-electron chi connectivity index (χ0n) is 14.0. The number of ether oxygens (including phenoxy) is 1. The number of aromatic nitrogens is 2. The summed E-state index contributed by atoms with van der Waals surface area (Å²) in [6.45, 7) is 0.516. The number of carbonyl (C=O) groups excluding carboxylic acids is 1. The minimum atomic E-state index is -4.89. The Balaban J connectivity index is 1.81. The van der Waals surface area contributed by atoms with Crippen molar-refractivity contribution < 1.29 is 32.6 Å². The summed E-state index contributed by atoms with van der Waals surface area (Å²) in [5.74, 6) is -2.03. The fourth-order valence-electron chi connectivity index (χ4n) is 2.83. The molecule has 0 bridgehead atoms. The number of amides is 1. The van der Waals surface area contributed by atoms with E-state index in [2.05, 4.69) is 10.4 Å². The second kappa shape index (κ2) is 7.39. The molecule has 2 aromatic rings. The van der Waals surface area contributed by atoms with Gasteiger partial charge in [-0.2, -0.15) is 18.3 Å². The van der Waals surface area contributed by atoms with Crippen molar-refractivity contribution in [3.8, 4) is 5.69 Å². The molecular weight excluding hydrogens is 367 g/mol. The second-order valence-electron chi connectivity index (χ2n) is 6.01. The molecule has 0 aliphatic carbocycles. The molecule has 144 valence electrons.